The first kappa shape index (κ1) is 28.0. The topological polar surface area (TPSA) is 85.7 Å². The zero-order chi connectivity index (χ0) is 25.5. The molecule has 0 unspecified atom stereocenters. The molecule has 5 atom stereocenters. The summed E-state index contributed by atoms with van der Waals surface area (Å²) in [4.78, 5) is 4.08. The lowest BCUT2D eigenvalue weighted by atomic mass is 9.99. The van der Waals surface area contributed by atoms with Crippen molar-refractivity contribution in [1.82, 2.24) is 0 Å². The second-order valence-electron chi connectivity index (χ2n) is 10.5. The Morgan fingerprint density at radius 3 is 2.00 bits per heavy atom. The van der Waals surface area contributed by atoms with E-state index in [1.807, 2.05) is 48.5 Å². The molecule has 2 aromatic rings. The van der Waals surface area contributed by atoms with E-state index in [9.17, 15) is 0 Å². The van der Waals surface area contributed by atoms with Crippen LogP contribution in [0.5, 0.6) is 0 Å². The van der Waals surface area contributed by atoms with Crippen LogP contribution in [0.3, 0.4) is 0 Å². The van der Waals surface area contributed by atoms with Crippen LogP contribution >= 0.6 is 11.8 Å². The summed E-state index contributed by atoms with van der Waals surface area (Å²) in [5.41, 5.74) is 9.79. The van der Waals surface area contributed by atoms with Crippen molar-refractivity contribution >= 4 is 28.4 Å². The Morgan fingerprint density at radius 1 is 0.857 bits per heavy atom. The van der Waals surface area contributed by atoms with Gasteiger partial charge in [0.25, 0.3) is 0 Å². The standard InChI is InChI=1S/C25H37N3O4SSi2/c1-34(2,3)31-23-22(29-18-19-13-9-7-10-14-19)21(17-27-28-26)30-25(24(23)32-35(4,5)6)33-20-15-11-8-12-16-20/h7-16,21-25H,17-18H2,1-6H3/t21-,22+,23+,24-,25+/m1/s1. The third-order valence-electron chi connectivity index (χ3n) is 5.18. The van der Waals surface area contributed by atoms with Gasteiger partial charge in [-0.2, -0.15) is 0 Å². The zero-order valence-electron chi connectivity index (χ0n) is 21.5. The molecule has 35 heavy (non-hydrogen) atoms. The molecule has 0 saturated carbocycles. The molecule has 1 aliphatic heterocycles. The lowest BCUT2D eigenvalue weighted by Crippen LogP contribution is -2.63. The Labute approximate surface area is 215 Å². The minimum Gasteiger partial charge on any atom is -0.409 e. The largest absolute Gasteiger partial charge is 0.409 e. The van der Waals surface area contributed by atoms with Crippen molar-refractivity contribution in [3.8, 4) is 0 Å². The summed E-state index contributed by atoms with van der Waals surface area (Å²) >= 11 is 1.62. The molecular weight excluding hydrogens is 495 g/mol. The van der Waals surface area contributed by atoms with Crippen molar-refractivity contribution in [2.75, 3.05) is 6.54 Å². The van der Waals surface area contributed by atoms with Crippen LogP contribution in [-0.4, -0.2) is 53.0 Å². The molecule has 3 rings (SSSR count). The zero-order valence-corrected chi connectivity index (χ0v) is 24.3. The number of nitrogens with zero attached hydrogens (tertiary/aromatic N) is 3. The molecule has 0 aromatic heterocycles. The van der Waals surface area contributed by atoms with Crippen molar-refractivity contribution in [1.29, 1.82) is 0 Å². The van der Waals surface area contributed by atoms with Crippen molar-refractivity contribution < 1.29 is 18.3 Å². The Balaban J connectivity index is 1.99. The summed E-state index contributed by atoms with van der Waals surface area (Å²) in [7, 11) is -3.99. The van der Waals surface area contributed by atoms with Crippen LogP contribution in [0.2, 0.25) is 39.3 Å². The van der Waals surface area contributed by atoms with Gasteiger partial charge in [0.2, 0.25) is 0 Å². The van der Waals surface area contributed by atoms with Crippen molar-refractivity contribution in [3.05, 3.63) is 76.7 Å². The SMILES string of the molecule is C[Si](C)(C)O[C@H]1[C@@H](OCc2ccccc2)[C@@H](CN=[N+]=[N-])O[C@@H](Sc2ccccc2)[C@@H]1O[Si](C)(C)C. The van der Waals surface area contributed by atoms with Gasteiger partial charge >= 0.3 is 0 Å². The van der Waals surface area contributed by atoms with Gasteiger partial charge in [-0.15, -0.1) is 0 Å². The molecule has 0 amide bonds. The van der Waals surface area contributed by atoms with Crippen LogP contribution in [0.4, 0.5) is 0 Å². The fraction of sp³-hybridized carbons (Fsp3) is 0.520. The number of rotatable bonds is 11. The summed E-state index contributed by atoms with van der Waals surface area (Å²) in [5.74, 6) is 0. The summed E-state index contributed by atoms with van der Waals surface area (Å²) in [6.07, 6.45) is -1.59. The van der Waals surface area contributed by atoms with E-state index in [1.54, 1.807) is 11.8 Å². The second-order valence-corrected chi connectivity index (χ2v) is 20.6. The van der Waals surface area contributed by atoms with Crippen molar-refractivity contribution in [2.45, 2.75) is 80.6 Å². The van der Waals surface area contributed by atoms with Crippen molar-refractivity contribution in [2.24, 2.45) is 5.11 Å². The Morgan fingerprint density at radius 2 is 1.43 bits per heavy atom. The van der Waals surface area contributed by atoms with E-state index in [-0.39, 0.29) is 24.2 Å². The number of hydrogen-bond acceptors (Lipinski definition) is 6. The van der Waals surface area contributed by atoms with E-state index >= 15 is 0 Å². The highest BCUT2D eigenvalue weighted by Gasteiger charge is 2.50. The van der Waals surface area contributed by atoms with Crippen LogP contribution in [0, 0.1) is 0 Å². The molecule has 0 bridgehead atoms. The first-order valence-electron chi connectivity index (χ1n) is 11.9. The van der Waals surface area contributed by atoms with Crippen LogP contribution in [0.1, 0.15) is 5.56 Å². The highest BCUT2D eigenvalue weighted by Crippen LogP contribution is 2.39. The molecule has 2 aromatic carbocycles. The van der Waals surface area contributed by atoms with Gasteiger partial charge < -0.3 is 18.3 Å². The van der Waals surface area contributed by atoms with Gasteiger partial charge in [-0.25, -0.2) is 0 Å². The van der Waals surface area contributed by atoms with Gasteiger partial charge in [0.05, 0.1) is 19.3 Å². The van der Waals surface area contributed by atoms with Gasteiger partial charge in [0.15, 0.2) is 16.6 Å². The first-order chi connectivity index (χ1) is 16.6. The first-order valence-corrected chi connectivity index (χ1v) is 19.6. The predicted molar refractivity (Wildman–Crippen MR) is 146 cm³/mol. The lowest BCUT2D eigenvalue weighted by molar-refractivity contribution is -0.204. The van der Waals surface area contributed by atoms with Gasteiger partial charge in [-0.3, -0.25) is 0 Å². The predicted octanol–water partition coefficient (Wildman–Crippen LogP) is 6.84. The van der Waals surface area contributed by atoms with E-state index in [0.29, 0.717) is 6.61 Å². The monoisotopic (exact) mass is 531 g/mol. The van der Waals surface area contributed by atoms with Gasteiger partial charge in [-0.05, 0) is 62.5 Å². The smallest absolute Gasteiger partial charge is 0.184 e. The van der Waals surface area contributed by atoms with Crippen molar-refractivity contribution in [3.63, 3.8) is 0 Å². The van der Waals surface area contributed by atoms with E-state index in [0.717, 1.165) is 10.5 Å². The molecular formula is C25H37N3O4SSi2. The molecule has 10 heteroatoms. The minimum absolute atomic E-state index is 0.160. The number of azide groups is 1. The molecule has 1 fully saturated rings. The van der Waals surface area contributed by atoms with E-state index in [4.69, 9.17) is 23.9 Å². The molecule has 0 aliphatic carbocycles. The summed E-state index contributed by atoms with van der Waals surface area (Å²) in [6.45, 7) is 13.6. The highest BCUT2D eigenvalue weighted by molar-refractivity contribution is 7.99. The van der Waals surface area contributed by atoms with Gasteiger partial charge in [-0.1, -0.05) is 65.4 Å². The van der Waals surface area contributed by atoms with E-state index in [2.05, 4.69) is 61.4 Å². The van der Waals surface area contributed by atoms with Crippen LogP contribution in [0.25, 0.3) is 10.4 Å². The van der Waals surface area contributed by atoms with Crippen LogP contribution < -0.4 is 0 Å². The number of hydrogen-bond donors (Lipinski definition) is 0. The van der Waals surface area contributed by atoms with Crippen LogP contribution in [-0.2, 0) is 24.9 Å². The highest BCUT2D eigenvalue weighted by atomic mass is 32.2. The lowest BCUT2D eigenvalue weighted by Gasteiger charge is -2.49. The molecule has 1 saturated heterocycles. The molecule has 0 radical (unpaired) electrons. The summed E-state index contributed by atoms with van der Waals surface area (Å²) < 4.78 is 26.7. The number of thioether (sulfide) groups is 1. The summed E-state index contributed by atoms with van der Waals surface area (Å²) in [6, 6.07) is 20.2. The number of benzene rings is 2. The molecule has 0 spiro atoms. The van der Waals surface area contributed by atoms with Gasteiger partial charge in [0.1, 0.15) is 23.7 Å². The fourth-order valence-corrected chi connectivity index (χ4v) is 7.30. The molecule has 1 heterocycles. The molecule has 7 nitrogen and oxygen atoms in total. The average Bonchev–Trinajstić information content (AvgIpc) is 2.79. The third kappa shape index (κ3) is 9.07. The summed E-state index contributed by atoms with van der Waals surface area (Å²) in [5, 5.41) is 3.86. The maximum Gasteiger partial charge on any atom is 0.184 e. The van der Waals surface area contributed by atoms with E-state index < -0.39 is 28.8 Å². The average molecular weight is 532 g/mol. The fourth-order valence-electron chi connectivity index (χ4n) is 3.91. The minimum atomic E-state index is -2.01. The molecule has 0 N–H and O–H groups in total. The molecule has 1 aliphatic rings. The Bertz CT molecular complexity index is 966. The second kappa shape index (κ2) is 12.6. The Hall–Kier alpha value is -1.63. The Kier molecular flexibility index (Phi) is 10.0. The maximum atomic E-state index is 9.06. The number of ether oxygens (including phenoxy) is 2. The quantitative estimate of drug-likeness (QED) is 0.137. The maximum absolute atomic E-state index is 9.06. The van der Waals surface area contributed by atoms with Gasteiger partial charge in [0, 0.05) is 9.81 Å². The van der Waals surface area contributed by atoms with E-state index in [1.165, 1.54) is 0 Å². The molecule has 190 valence electrons. The normalized spacial score (nSPS) is 25.1. The van der Waals surface area contributed by atoms with Crippen LogP contribution in [0.15, 0.2) is 70.7 Å². The third-order valence-corrected chi connectivity index (χ3v) is 8.29.